The van der Waals surface area contributed by atoms with E-state index in [0.717, 1.165) is 5.46 Å². The van der Waals surface area contributed by atoms with Crippen LogP contribution in [0.4, 0.5) is 0 Å². The highest BCUT2D eigenvalue weighted by Gasteiger charge is 2.52. The first-order valence-corrected chi connectivity index (χ1v) is 10.5. The van der Waals surface area contributed by atoms with Crippen LogP contribution in [0.3, 0.4) is 0 Å². The third-order valence-electron chi connectivity index (χ3n) is 6.14. The number of fused-ring (bicyclic) bond motifs is 3. The highest BCUT2D eigenvalue weighted by atomic mass is 32.1. The summed E-state index contributed by atoms with van der Waals surface area (Å²) in [6, 6.07) is 23.7. The summed E-state index contributed by atoms with van der Waals surface area (Å²) in [4.78, 5) is 0. The molecule has 2 nitrogen and oxygen atoms in total. The first-order valence-electron chi connectivity index (χ1n) is 9.72. The van der Waals surface area contributed by atoms with Gasteiger partial charge in [-0.2, -0.15) is 0 Å². The lowest BCUT2D eigenvalue weighted by atomic mass is 9.76. The second kappa shape index (κ2) is 6.18. The van der Waals surface area contributed by atoms with Crippen LogP contribution >= 0.6 is 11.3 Å². The molecule has 0 atom stereocenters. The molecular weight excluding hydrogens is 363 g/mol. The average Bonchev–Trinajstić information content (AvgIpc) is 3.15. The Morgan fingerprint density at radius 1 is 0.714 bits per heavy atom. The van der Waals surface area contributed by atoms with E-state index in [4.69, 9.17) is 9.31 Å². The van der Waals surface area contributed by atoms with E-state index in [2.05, 4.69) is 94.4 Å². The van der Waals surface area contributed by atoms with Gasteiger partial charge < -0.3 is 9.31 Å². The van der Waals surface area contributed by atoms with E-state index < -0.39 is 0 Å². The standard InChI is InChI=1S/C24H23BO2S/c1-23(2)24(3,4)27-25(26-23)19-11-8-12-21-22(19)18-15-17(13-14-20(18)28-21)16-9-6-5-7-10-16/h5-15H,1-4H3. The third kappa shape index (κ3) is 2.71. The molecule has 0 spiro atoms. The van der Waals surface area contributed by atoms with Gasteiger partial charge in [0.15, 0.2) is 0 Å². The molecule has 0 N–H and O–H groups in total. The van der Waals surface area contributed by atoms with Gasteiger partial charge in [0.05, 0.1) is 11.2 Å². The van der Waals surface area contributed by atoms with E-state index in [9.17, 15) is 0 Å². The monoisotopic (exact) mass is 386 g/mol. The second-order valence-electron chi connectivity index (χ2n) is 8.49. The maximum Gasteiger partial charge on any atom is 0.495 e. The molecule has 0 bridgehead atoms. The van der Waals surface area contributed by atoms with Gasteiger partial charge in [0.2, 0.25) is 0 Å². The van der Waals surface area contributed by atoms with Crippen molar-refractivity contribution in [2.75, 3.05) is 0 Å². The molecule has 1 aliphatic heterocycles. The van der Waals surface area contributed by atoms with Crippen molar-refractivity contribution in [1.29, 1.82) is 0 Å². The van der Waals surface area contributed by atoms with E-state index in [1.165, 1.54) is 31.3 Å². The fourth-order valence-electron chi connectivity index (χ4n) is 3.83. The Morgan fingerprint density at radius 2 is 1.43 bits per heavy atom. The van der Waals surface area contributed by atoms with Crippen LogP contribution in [0, 0.1) is 0 Å². The van der Waals surface area contributed by atoms with Crippen molar-refractivity contribution in [2.24, 2.45) is 0 Å². The van der Waals surface area contributed by atoms with Crippen molar-refractivity contribution in [3.05, 3.63) is 66.7 Å². The van der Waals surface area contributed by atoms with Crippen molar-refractivity contribution >= 4 is 44.1 Å². The fraction of sp³-hybridized carbons (Fsp3) is 0.250. The van der Waals surface area contributed by atoms with Crippen LogP contribution in [0.2, 0.25) is 0 Å². The van der Waals surface area contributed by atoms with Crippen LogP contribution in [0.5, 0.6) is 0 Å². The highest BCUT2D eigenvalue weighted by molar-refractivity contribution is 7.26. The summed E-state index contributed by atoms with van der Waals surface area (Å²) in [7, 11) is -0.355. The van der Waals surface area contributed by atoms with Crippen molar-refractivity contribution in [3.8, 4) is 11.1 Å². The number of hydrogen-bond acceptors (Lipinski definition) is 3. The molecule has 5 rings (SSSR count). The average molecular weight is 386 g/mol. The molecular formula is C24H23BO2S. The minimum absolute atomic E-state index is 0.346. The molecule has 2 heterocycles. The molecule has 1 saturated heterocycles. The van der Waals surface area contributed by atoms with E-state index in [1.807, 2.05) is 11.3 Å². The van der Waals surface area contributed by atoms with Gasteiger partial charge in [0.25, 0.3) is 0 Å². The van der Waals surface area contributed by atoms with Gasteiger partial charge in [0.1, 0.15) is 0 Å². The first-order chi connectivity index (χ1) is 13.4. The molecule has 1 aromatic heterocycles. The molecule has 0 radical (unpaired) electrons. The summed E-state index contributed by atoms with van der Waals surface area (Å²) in [5.74, 6) is 0. The Morgan fingerprint density at radius 3 is 2.14 bits per heavy atom. The van der Waals surface area contributed by atoms with Crippen LogP contribution in [0.15, 0.2) is 66.7 Å². The Kier molecular flexibility index (Phi) is 3.96. The van der Waals surface area contributed by atoms with Gasteiger partial charge in [-0.3, -0.25) is 0 Å². The maximum atomic E-state index is 6.37. The van der Waals surface area contributed by atoms with Crippen molar-refractivity contribution < 1.29 is 9.31 Å². The predicted octanol–water partition coefficient (Wildman–Crippen LogP) is 6.02. The molecule has 28 heavy (non-hydrogen) atoms. The van der Waals surface area contributed by atoms with Crippen LogP contribution in [0.1, 0.15) is 27.7 Å². The van der Waals surface area contributed by atoms with Crippen LogP contribution in [-0.2, 0) is 9.31 Å². The van der Waals surface area contributed by atoms with Gasteiger partial charge in [-0.15, -0.1) is 11.3 Å². The zero-order valence-corrected chi connectivity index (χ0v) is 17.5. The number of hydrogen-bond donors (Lipinski definition) is 0. The Hall–Kier alpha value is -2.14. The lowest BCUT2D eigenvalue weighted by Gasteiger charge is -2.32. The quantitative estimate of drug-likeness (QED) is 0.392. The zero-order valence-electron chi connectivity index (χ0n) is 16.7. The summed E-state index contributed by atoms with van der Waals surface area (Å²) in [5.41, 5.74) is 2.89. The molecule has 4 aromatic rings. The third-order valence-corrected chi connectivity index (χ3v) is 7.28. The van der Waals surface area contributed by atoms with Crippen molar-refractivity contribution in [2.45, 2.75) is 38.9 Å². The zero-order chi connectivity index (χ0) is 19.5. The minimum atomic E-state index is -0.355. The second-order valence-corrected chi connectivity index (χ2v) is 9.57. The van der Waals surface area contributed by atoms with Crippen LogP contribution < -0.4 is 5.46 Å². The van der Waals surface area contributed by atoms with Crippen LogP contribution in [-0.4, -0.2) is 18.3 Å². The Labute approximate surface area is 170 Å². The molecule has 4 heteroatoms. The number of rotatable bonds is 2. The predicted molar refractivity (Wildman–Crippen MR) is 120 cm³/mol. The maximum absolute atomic E-state index is 6.37. The summed E-state index contributed by atoms with van der Waals surface area (Å²) < 4.78 is 15.3. The first kappa shape index (κ1) is 17.9. The molecule has 140 valence electrons. The van der Waals surface area contributed by atoms with Crippen molar-refractivity contribution in [1.82, 2.24) is 0 Å². The molecule has 1 aliphatic rings. The summed E-state index contributed by atoms with van der Waals surface area (Å²) in [6.45, 7) is 8.41. The molecule has 3 aromatic carbocycles. The van der Waals surface area contributed by atoms with Gasteiger partial charge in [0, 0.05) is 20.2 Å². The van der Waals surface area contributed by atoms with E-state index in [1.54, 1.807) is 0 Å². The lowest BCUT2D eigenvalue weighted by Crippen LogP contribution is -2.41. The largest absolute Gasteiger partial charge is 0.495 e. The van der Waals surface area contributed by atoms with Crippen molar-refractivity contribution in [3.63, 3.8) is 0 Å². The summed E-state index contributed by atoms with van der Waals surface area (Å²) in [5, 5.41) is 2.52. The molecule has 1 fully saturated rings. The minimum Gasteiger partial charge on any atom is -0.399 e. The molecule has 0 aliphatic carbocycles. The van der Waals surface area contributed by atoms with E-state index >= 15 is 0 Å². The molecule has 0 saturated carbocycles. The number of benzene rings is 3. The lowest BCUT2D eigenvalue weighted by molar-refractivity contribution is 0.00578. The topological polar surface area (TPSA) is 18.5 Å². The van der Waals surface area contributed by atoms with E-state index in [-0.39, 0.29) is 18.3 Å². The van der Waals surface area contributed by atoms with Gasteiger partial charge in [-0.1, -0.05) is 48.5 Å². The molecule has 0 amide bonds. The fourth-order valence-corrected chi connectivity index (χ4v) is 4.95. The van der Waals surface area contributed by atoms with Gasteiger partial charge >= 0.3 is 7.12 Å². The highest BCUT2D eigenvalue weighted by Crippen LogP contribution is 2.40. The molecule has 0 unspecified atom stereocenters. The van der Waals surface area contributed by atoms with Gasteiger partial charge in [-0.25, -0.2) is 0 Å². The SMILES string of the molecule is CC1(C)OB(c2cccc3sc4ccc(-c5ccccc5)cc4c23)OC1(C)C. The summed E-state index contributed by atoms with van der Waals surface area (Å²) >= 11 is 1.83. The van der Waals surface area contributed by atoms with E-state index in [0.29, 0.717) is 0 Å². The van der Waals surface area contributed by atoms with Gasteiger partial charge in [-0.05, 0) is 62.5 Å². The Bertz CT molecular complexity index is 1160. The Balaban J connectivity index is 1.71. The normalized spacial score (nSPS) is 18.2. The smallest absolute Gasteiger partial charge is 0.399 e. The number of thiophene rings is 1. The van der Waals surface area contributed by atoms with Crippen LogP contribution in [0.25, 0.3) is 31.3 Å². The summed E-state index contributed by atoms with van der Waals surface area (Å²) in [6.07, 6.45) is 0.